The van der Waals surface area contributed by atoms with Crippen LogP contribution in [0.15, 0.2) is 0 Å². The van der Waals surface area contributed by atoms with Gasteiger partial charge in [0, 0.05) is 6.04 Å². The minimum Gasteiger partial charge on any atom is -0.353 e. The molecule has 0 aliphatic heterocycles. The van der Waals surface area contributed by atoms with E-state index in [1.807, 2.05) is 6.92 Å². The van der Waals surface area contributed by atoms with Crippen LogP contribution in [0.4, 0.5) is 0 Å². The summed E-state index contributed by atoms with van der Waals surface area (Å²) in [6.07, 6.45) is 3.10. The van der Waals surface area contributed by atoms with Crippen molar-refractivity contribution < 1.29 is 4.79 Å². The Balaban J connectivity index is 3.67. The fourth-order valence-corrected chi connectivity index (χ4v) is 1.20. The number of nitrogens with one attached hydrogen (secondary N) is 1. The van der Waals surface area contributed by atoms with Gasteiger partial charge < -0.3 is 5.32 Å². The summed E-state index contributed by atoms with van der Waals surface area (Å²) < 4.78 is 0.127. The molecule has 0 bridgehead atoms. The summed E-state index contributed by atoms with van der Waals surface area (Å²) in [5.41, 5.74) is 0. The lowest BCUT2D eigenvalue weighted by Gasteiger charge is -2.14. The van der Waals surface area contributed by atoms with Crippen molar-refractivity contribution in [3.63, 3.8) is 0 Å². The molecule has 0 radical (unpaired) electrons. The summed E-state index contributed by atoms with van der Waals surface area (Å²) in [5, 5.41) is 2.99. The van der Waals surface area contributed by atoms with Gasteiger partial charge in [0.25, 0.3) is 0 Å². The topological polar surface area (TPSA) is 29.1 Å². The fourth-order valence-electron chi connectivity index (χ4n) is 1.02. The van der Waals surface area contributed by atoms with Crippen LogP contribution in [-0.4, -0.2) is 15.9 Å². The number of alkyl halides is 1. The van der Waals surface area contributed by atoms with E-state index in [9.17, 15) is 4.79 Å². The first-order chi connectivity index (χ1) is 5.61. The minimum atomic E-state index is 0.127. The standard InChI is InChI=1S/C9H18INO/c1-4-6-7(3)11-9(12)8(10)5-2/h7-8H,4-6H2,1-3H3,(H,11,12). The molecule has 0 saturated heterocycles. The zero-order valence-electron chi connectivity index (χ0n) is 8.06. The van der Waals surface area contributed by atoms with E-state index in [4.69, 9.17) is 0 Å². The molecule has 0 aliphatic carbocycles. The minimum absolute atomic E-state index is 0.127. The van der Waals surface area contributed by atoms with Gasteiger partial charge in [-0.15, -0.1) is 0 Å². The van der Waals surface area contributed by atoms with Crippen molar-refractivity contribution in [1.82, 2.24) is 5.32 Å². The Bertz CT molecular complexity index is 138. The fraction of sp³-hybridized carbons (Fsp3) is 0.889. The van der Waals surface area contributed by atoms with E-state index >= 15 is 0 Å². The zero-order chi connectivity index (χ0) is 9.56. The van der Waals surface area contributed by atoms with E-state index in [-0.39, 0.29) is 9.83 Å². The number of carbonyl (C=O) groups is 1. The molecule has 0 heterocycles. The van der Waals surface area contributed by atoms with Crippen molar-refractivity contribution >= 4 is 28.5 Å². The molecule has 2 atom stereocenters. The van der Waals surface area contributed by atoms with Crippen LogP contribution in [0.5, 0.6) is 0 Å². The summed E-state index contributed by atoms with van der Waals surface area (Å²) in [6, 6.07) is 0.325. The largest absolute Gasteiger partial charge is 0.353 e. The average Bonchev–Trinajstić information content (AvgIpc) is 2.03. The smallest absolute Gasteiger partial charge is 0.233 e. The molecule has 2 nitrogen and oxygen atoms in total. The van der Waals surface area contributed by atoms with Gasteiger partial charge in [-0.3, -0.25) is 4.79 Å². The Kier molecular flexibility index (Phi) is 6.80. The van der Waals surface area contributed by atoms with Crippen LogP contribution in [0.2, 0.25) is 0 Å². The van der Waals surface area contributed by atoms with E-state index in [0.717, 1.165) is 19.3 Å². The highest BCUT2D eigenvalue weighted by atomic mass is 127. The van der Waals surface area contributed by atoms with Gasteiger partial charge in [0.2, 0.25) is 5.91 Å². The van der Waals surface area contributed by atoms with Crippen LogP contribution in [0.3, 0.4) is 0 Å². The van der Waals surface area contributed by atoms with Crippen molar-refractivity contribution in [3.8, 4) is 0 Å². The van der Waals surface area contributed by atoms with Crippen LogP contribution < -0.4 is 5.32 Å². The maximum Gasteiger partial charge on any atom is 0.233 e. The zero-order valence-corrected chi connectivity index (χ0v) is 10.2. The number of hydrogen-bond acceptors (Lipinski definition) is 1. The molecule has 72 valence electrons. The first kappa shape index (κ1) is 12.2. The predicted octanol–water partition coefficient (Wildman–Crippen LogP) is 2.50. The number of rotatable bonds is 5. The highest BCUT2D eigenvalue weighted by Crippen LogP contribution is 2.06. The Labute approximate surface area is 88.6 Å². The summed E-state index contributed by atoms with van der Waals surface area (Å²) in [4.78, 5) is 11.3. The predicted molar refractivity (Wildman–Crippen MR) is 60.6 cm³/mol. The van der Waals surface area contributed by atoms with Crippen molar-refractivity contribution in [2.75, 3.05) is 0 Å². The van der Waals surface area contributed by atoms with Crippen LogP contribution in [-0.2, 0) is 4.79 Å². The lowest BCUT2D eigenvalue weighted by molar-refractivity contribution is -0.120. The molecule has 1 amide bonds. The molecular weight excluding hydrogens is 265 g/mol. The van der Waals surface area contributed by atoms with E-state index < -0.39 is 0 Å². The van der Waals surface area contributed by atoms with Crippen LogP contribution in [0.25, 0.3) is 0 Å². The van der Waals surface area contributed by atoms with Crippen LogP contribution in [0.1, 0.15) is 40.0 Å². The van der Waals surface area contributed by atoms with Crippen LogP contribution >= 0.6 is 22.6 Å². The van der Waals surface area contributed by atoms with Crippen molar-refractivity contribution in [2.45, 2.75) is 50.0 Å². The average molecular weight is 283 g/mol. The van der Waals surface area contributed by atoms with Gasteiger partial charge in [0.15, 0.2) is 0 Å². The maximum absolute atomic E-state index is 11.3. The third-order valence-electron chi connectivity index (χ3n) is 1.75. The molecule has 12 heavy (non-hydrogen) atoms. The van der Waals surface area contributed by atoms with Gasteiger partial charge in [-0.1, -0.05) is 42.9 Å². The van der Waals surface area contributed by atoms with E-state index in [1.54, 1.807) is 0 Å². The SMILES string of the molecule is CCCC(C)NC(=O)C(I)CC. The number of amides is 1. The van der Waals surface area contributed by atoms with E-state index in [1.165, 1.54) is 0 Å². The van der Waals surface area contributed by atoms with Gasteiger partial charge in [-0.05, 0) is 19.8 Å². The molecule has 3 heteroatoms. The quantitative estimate of drug-likeness (QED) is 0.609. The van der Waals surface area contributed by atoms with Crippen LogP contribution in [0, 0.1) is 0 Å². The lowest BCUT2D eigenvalue weighted by atomic mass is 10.2. The Morgan fingerprint density at radius 3 is 2.50 bits per heavy atom. The number of halogens is 1. The van der Waals surface area contributed by atoms with Gasteiger partial charge in [-0.2, -0.15) is 0 Å². The van der Waals surface area contributed by atoms with Crippen molar-refractivity contribution in [1.29, 1.82) is 0 Å². The lowest BCUT2D eigenvalue weighted by Crippen LogP contribution is -2.37. The molecule has 1 N–H and O–H groups in total. The highest BCUT2D eigenvalue weighted by molar-refractivity contribution is 14.1. The second kappa shape index (κ2) is 6.69. The monoisotopic (exact) mass is 283 g/mol. The van der Waals surface area contributed by atoms with Gasteiger partial charge in [0.05, 0.1) is 3.92 Å². The Morgan fingerprint density at radius 1 is 1.50 bits per heavy atom. The van der Waals surface area contributed by atoms with E-state index in [0.29, 0.717) is 6.04 Å². The molecule has 0 rings (SSSR count). The third-order valence-corrected chi connectivity index (χ3v) is 3.20. The molecule has 0 aromatic carbocycles. The second-order valence-electron chi connectivity index (χ2n) is 3.07. The van der Waals surface area contributed by atoms with Gasteiger partial charge in [-0.25, -0.2) is 0 Å². The third kappa shape index (κ3) is 4.95. The molecule has 0 aliphatic rings. The second-order valence-corrected chi connectivity index (χ2v) is 4.58. The van der Waals surface area contributed by atoms with Crippen molar-refractivity contribution in [3.05, 3.63) is 0 Å². The highest BCUT2D eigenvalue weighted by Gasteiger charge is 2.13. The molecule has 0 spiro atoms. The summed E-state index contributed by atoms with van der Waals surface area (Å²) in [5.74, 6) is 0.180. The molecule has 0 aromatic rings. The summed E-state index contributed by atoms with van der Waals surface area (Å²) >= 11 is 2.18. The number of carbonyl (C=O) groups excluding carboxylic acids is 1. The Hall–Kier alpha value is 0.200. The van der Waals surface area contributed by atoms with Gasteiger partial charge >= 0.3 is 0 Å². The molecule has 0 aromatic heterocycles. The molecule has 0 saturated carbocycles. The Morgan fingerprint density at radius 2 is 2.08 bits per heavy atom. The summed E-state index contributed by atoms with van der Waals surface area (Å²) in [6.45, 7) is 6.21. The first-order valence-corrected chi connectivity index (χ1v) is 5.80. The molecule has 0 fully saturated rings. The van der Waals surface area contributed by atoms with Crippen molar-refractivity contribution in [2.24, 2.45) is 0 Å². The normalized spacial score (nSPS) is 15.3. The molecule has 2 unspecified atom stereocenters. The van der Waals surface area contributed by atoms with Gasteiger partial charge in [0.1, 0.15) is 0 Å². The maximum atomic E-state index is 11.3. The van der Waals surface area contributed by atoms with E-state index in [2.05, 4.69) is 41.8 Å². The number of hydrogen-bond donors (Lipinski definition) is 1. The molecular formula is C9H18INO. The summed E-state index contributed by atoms with van der Waals surface area (Å²) in [7, 11) is 0. The first-order valence-electron chi connectivity index (χ1n) is 4.56.